The van der Waals surface area contributed by atoms with Gasteiger partial charge in [-0.15, -0.1) is 0 Å². The zero-order chi connectivity index (χ0) is 22.8. The molecule has 0 saturated carbocycles. The van der Waals surface area contributed by atoms with Gasteiger partial charge in [0.1, 0.15) is 18.1 Å². The first-order valence-corrected chi connectivity index (χ1v) is 10.1. The number of methoxy groups -OCH3 is 1. The number of nitrogens with one attached hydrogen (secondary N) is 2. The normalized spacial score (nSPS) is 10.6. The first kappa shape index (κ1) is 22.8. The van der Waals surface area contributed by atoms with Gasteiger partial charge in [0.15, 0.2) is 0 Å². The summed E-state index contributed by atoms with van der Waals surface area (Å²) < 4.78 is 11.0. The van der Waals surface area contributed by atoms with Crippen molar-refractivity contribution in [2.45, 2.75) is 6.61 Å². The third kappa shape index (κ3) is 6.58. The van der Waals surface area contributed by atoms with E-state index in [1.165, 1.54) is 13.3 Å². The highest BCUT2D eigenvalue weighted by Crippen LogP contribution is 2.19. The zero-order valence-electron chi connectivity index (χ0n) is 17.4. The summed E-state index contributed by atoms with van der Waals surface area (Å²) in [6, 6.07) is 21.5. The van der Waals surface area contributed by atoms with Crippen LogP contribution in [0.5, 0.6) is 11.5 Å². The zero-order valence-corrected chi connectivity index (χ0v) is 18.1. The van der Waals surface area contributed by atoms with Gasteiger partial charge in [0, 0.05) is 10.6 Å². The fraction of sp³-hybridized carbons (Fsp3) is 0.125. The Hall–Kier alpha value is -3.84. The van der Waals surface area contributed by atoms with Crippen LogP contribution in [0, 0.1) is 0 Å². The monoisotopic (exact) mass is 451 g/mol. The van der Waals surface area contributed by atoms with Crippen LogP contribution < -0.4 is 20.2 Å². The summed E-state index contributed by atoms with van der Waals surface area (Å²) in [5.41, 5.74) is 4.40. The van der Waals surface area contributed by atoms with E-state index in [9.17, 15) is 9.59 Å². The highest BCUT2D eigenvalue weighted by molar-refractivity contribution is 6.30. The van der Waals surface area contributed by atoms with Gasteiger partial charge in [0.25, 0.3) is 11.8 Å². The number of hydrogen-bond donors (Lipinski definition) is 2. The molecule has 0 fully saturated rings. The van der Waals surface area contributed by atoms with E-state index in [-0.39, 0.29) is 6.54 Å². The summed E-state index contributed by atoms with van der Waals surface area (Å²) >= 11 is 5.90. The van der Waals surface area contributed by atoms with E-state index in [0.717, 1.165) is 5.56 Å². The smallest absolute Gasteiger partial charge is 0.259 e. The third-order valence-electron chi connectivity index (χ3n) is 4.38. The molecule has 8 heteroatoms. The third-order valence-corrected chi connectivity index (χ3v) is 4.63. The number of ether oxygens (including phenoxy) is 2. The Morgan fingerprint density at radius 3 is 2.41 bits per heavy atom. The van der Waals surface area contributed by atoms with Gasteiger partial charge in [-0.05, 0) is 42.0 Å². The molecule has 0 bridgehead atoms. The molecule has 3 rings (SSSR count). The average molecular weight is 452 g/mol. The van der Waals surface area contributed by atoms with Gasteiger partial charge in [0.2, 0.25) is 0 Å². The molecule has 0 saturated heterocycles. The van der Waals surface area contributed by atoms with Crippen molar-refractivity contribution in [2.24, 2.45) is 5.10 Å². The number of hydrogen-bond acceptors (Lipinski definition) is 5. The largest absolute Gasteiger partial charge is 0.496 e. The topological polar surface area (TPSA) is 89.0 Å². The number of nitrogens with zero attached hydrogens (tertiary/aromatic N) is 1. The van der Waals surface area contributed by atoms with E-state index < -0.39 is 11.8 Å². The number of benzene rings is 3. The Morgan fingerprint density at radius 2 is 1.66 bits per heavy atom. The first-order chi connectivity index (χ1) is 15.6. The van der Waals surface area contributed by atoms with Gasteiger partial charge in [-0.3, -0.25) is 9.59 Å². The van der Waals surface area contributed by atoms with Crippen molar-refractivity contribution in [1.82, 2.24) is 10.7 Å². The van der Waals surface area contributed by atoms with Crippen LogP contribution in [0.3, 0.4) is 0 Å². The van der Waals surface area contributed by atoms with Gasteiger partial charge >= 0.3 is 0 Å². The van der Waals surface area contributed by atoms with Crippen molar-refractivity contribution in [3.8, 4) is 11.5 Å². The molecular formula is C24H22ClN3O4. The maximum Gasteiger partial charge on any atom is 0.259 e. The lowest BCUT2D eigenvalue weighted by Crippen LogP contribution is -2.35. The predicted molar refractivity (Wildman–Crippen MR) is 123 cm³/mol. The van der Waals surface area contributed by atoms with Crippen LogP contribution in [0.25, 0.3) is 0 Å². The van der Waals surface area contributed by atoms with Crippen LogP contribution in [-0.4, -0.2) is 31.7 Å². The molecule has 0 aliphatic heterocycles. The number of carbonyl (C=O) groups excluding carboxylic acids is 2. The van der Waals surface area contributed by atoms with Gasteiger partial charge < -0.3 is 14.8 Å². The molecule has 32 heavy (non-hydrogen) atoms. The molecule has 2 amide bonds. The van der Waals surface area contributed by atoms with Gasteiger partial charge in [0.05, 0.1) is 25.4 Å². The average Bonchev–Trinajstić information content (AvgIpc) is 2.83. The molecule has 0 radical (unpaired) electrons. The van der Waals surface area contributed by atoms with Crippen LogP contribution >= 0.6 is 11.6 Å². The van der Waals surface area contributed by atoms with Crippen LogP contribution in [-0.2, 0) is 11.4 Å². The van der Waals surface area contributed by atoms with Gasteiger partial charge in [-0.1, -0.05) is 48.0 Å². The number of amides is 2. The van der Waals surface area contributed by atoms with Crippen LogP contribution in [0.2, 0.25) is 5.02 Å². The second-order valence-corrected chi connectivity index (χ2v) is 7.07. The summed E-state index contributed by atoms with van der Waals surface area (Å²) in [5, 5.41) is 7.16. The number of hydrazone groups is 1. The SMILES string of the molecule is COc1ccccc1C(=O)NCC(=O)NN=Cc1ccccc1OCc1ccc(Cl)cc1. The quantitative estimate of drug-likeness (QED) is 0.382. The molecule has 0 atom stereocenters. The molecule has 3 aromatic carbocycles. The van der Waals surface area contributed by atoms with Crippen LogP contribution in [0.4, 0.5) is 0 Å². The lowest BCUT2D eigenvalue weighted by Gasteiger charge is -2.09. The molecule has 0 unspecified atom stereocenters. The standard InChI is InChI=1S/C24H22ClN3O4/c1-31-22-9-5-3-7-20(22)24(30)26-15-23(29)28-27-14-18-6-2-4-8-21(18)32-16-17-10-12-19(25)13-11-17/h2-14H,15-16H2,1H3,(H,26,30)(H,28,29). The fourth-order valence-corrected chi connectivity index (χ4v) is 2.89. The minimum Gasteiger partial charge on any atom is -0.496 e. The first-order valence-electron chi connectivity index (χ1n) is 9.76. The van der Waals surface area contributed by atoms with Crippen molar-refractivity contribution < 1.29 is 19.1 Å². The fourth-order valence-electron chi connectivity index (χ4n) is 2.76. The van der Waals surface area contributed by atoms with Crippen molar-refractivity contribution in [3.63, 3.8) is 0 Å². The van der Waals surface area contributed by atoms with Crippen molar-refractivity contribution >= 4 is 29.6 Å². The van der Waals surface area contributed by atoms with Gasteiger partial charge in [-0.2, -0.15) is 5.10 Å². The predicted octanol–water partition coefficient (Wildman–Crippen LogP) is 3.81. The molecule has 7 nitrogen and oxygen atoms in total. The van der Waals surface area contributed by atoms with Crippen molar-refractivity contribution in [1.29, 1.82) is 0 Å². The number of rotatable bonds is 9. The Labute approximate surface area is 191 Å². The van der Waals surface area contributed by atoms with E-state index in [0.29, 0.717) is 34.3 Å². The lowest BCUT2D eigenvalue weighted by atomic mass is 10.2. The molecule has 164 valence electrons. The second kappa shape index (κ2) is 11.5. The Balaban J connectivity index is 1.51. The molecule has 3 aromatic rings. The van der Waals surface area contributed by atoms with Crippen LogP contribution in [0.1, 0.15) is 21.5 Å². The molecular weight excluding hydrogens is 430 g/mol. The van der Waals surface area contributed by atoms with Crippen molar-refractivity contribution in [2.75, 3.05) is 13.7 Å². The number of halogens is 1. The van der Waals surface area contributed by atoms with Crippen molar-refractivity contribution in [3.05, 3.63) is 94.5 Å². The molecule has 0 aliphatic rings. The summed E-state index contributed by atoms with van der Waals surface area (Å²) in [7, 11) is 1.48. The van der Waals surface area contributed by atoms with Crippen LogP contribution in [0.15, 0.2) is 77.9 Å². The summed E-state index contributed by atoms with van der Waals surface area (Å²) in [6.07, 6.45) is 1.48. The maximum absolute atomic E-state index is 12.2. The number of para-hydroxylation sites is 2. The highest BCUT2D eigenvalue weighted by atomic mass is 35.5. The molecule has 0 aromatic heterocycles. The molecule has 0 heterocycles. The summed E-state index contributed by atoms with van der Waals surface area (Å²) in [4.78, 5) is 24.3. The Kier molecular flexibility index (Phi) is 8.22. The molecule has 0 aliphatic carbocycles. The van der Waals surface area contributed by atoms with Gasteiger partial charge in [-0.25, -0.2) is 5.43 Å². The second-order valence-electron chi connectivity index (χ2n) is 6.63. The van der Waals surface area contributed by atoms with E-state index in [1.54, 1.807) is 36.4 Å². The van der Waals surface area contributed by atoms with E-state index in [2.05, 4.69) is 15.8 Å². The highest BCUT2D eigenvalue weighted by Gasteiger charge is 2.12. The molecule has 2 N–H and O–H groups in total. The lowest BCUT2D eigenvalue weighted by molar-refractivity contribution is -0.120. The summed E-state index contributed by atoms with van der Waals surface area (Å²) in [6.45, 7) is 0.131. The van der Waals surface area contributed by atoms with E-state index >= 15 is 0 Å². The number of carbonyl (C=O) groups is 2. The van der Waals surface area contributed by atoms with E-state index in [1.807, 2.05) is 36.4 Å². The minimum absolute atomic E-state index is 0.233. The molecule has 0 spiro atoms. The Bertz CT molecular complexity index is 1100. The van der Waals surface area contributed by atoms with E-state index in [4.69, 9.17) is 21.1 Å². The maximum atomic E-state index is 12.2. The minimum atomic E-state index is -0.468. The Morgan fingerprint density at radius 1 is 0.969 bits per heavy atom. The summed E-state index contributed by atoms with van der Waals surface area (Å²) in [5.74, 6) is 0.162.